The fourth-order valence-corrected chi connectivity index (χ4v) is 9.32. The second-order valence-corrected chi connectivity index (χ2v) is 19.6. The Morgan fingerprint density at radius 2 is 1.35 bits per heavy atom. The van der Waals surface area contributed by atoms with Crippen LogP contribution in [0.3, 0.4) is 0 Å². The number of ketones is 1. The number of hydrogen-bond acceptors (Lipinski definition) is 14. The van der Waals surface area contributed by atoms with Crippen LogP contribution in [0.4, 0.5) is 0 Å². The summed E-state index contributed by atoms with van der Waals surface area (Å²) < 4.78 is 27.1. The summed E-state index contributed by atoms with van der Waals surface area (Å²) in [6.07, 6.45) is 18.5. The van der Waals surface area contributed by atoms with E-state index in [4.69, 9.17) is 18.9 Å². The summed E-state index contributed by atoms with van der Waals surface area (Å²) >= 11 is 0. The molecule has 2 aliphatic carbocycles. The highest BCUT2D eigenvalue weighted by Crippen LogP contribution is 2.67. The van der Waals surface area contributed by atoms with E-state index in [-0.39, 0.29) is 37.1 Å². The maximum atomic E-state index is 13.5. The van der Waals surface area contributed by atoms with Crippen LogP contribution in [0.1, 0.15) is 121 Å². The molecule has 0 aromatic heterocycles. The van der Waals surface area contributed by atoms with E-state index in [1.807, 2.05) is 116 Å². The molecule has 0 amide bonds. The Morgan fingerprint density at radius 1 is 0.773 bits per heavy atom. The number of carbonyl (C=O) groups excluding carboxylic acids is 5. The Kier molecular flexibility index (Phi) is 17.2. The fourth-order valence-electron chi connectivity index (χ4n) is 9.32. The molecule has 14 nitrogen and oxygen atoms in total. The summed E-state index contributed by atoms with van der Waals surface area (Å²) in [5.74, 6) is -4.94. The first-order valence-electron chi connectivity index (χ1n) is 22.3. The molecule has 4 aliphatic rings. The zero-order chi connectivity index (χ0) is 49.4. The molecule has 2 aliphatic heterocycles. The number of fused-ring (bicyclic) bond motifs is 1. The predicted molar refractivity (Wildman–Crippen MR) is 246 cm³/mol. The topological polar surface area (TPSA) is 216 Å². The number of epoxide rings is 1. The molecule has 4 N–H and O–H groups in total. The highest BCUT2D eigenvalue weighted by molar-refractivity contribution is 5.96. The molecular weight excluding hydrogens is 849 g/mol. The van der Waals surface area contributed by atoms with Gasteiger partial charge in [-0.3, -0.25) is 19.2 Å². The average molecular weight is 917 g/mol. The summed E-state index contributed by atoms with van der Waals surface area (Å²) in [4.78, 5) is 61.3. The van der Waals surface area contributed by atoms with E-state index in [2.05, 4.69) is 10.5 Å². The smallest absolute Gasteiger partial charge is 0.377 e. The number of aliphatic hydroxyl groups excluding tert-OH is 3. The third-order valence-electron chi connectivity index (χ3n) is 12.7. The molecule has 7 atom stereocenters. The van der Waals surface area contributed by atoms with Crippen molar-refractivity contribution in [1.29, 1.82) is 0 Å². The van der Waals surface area contributed by atoms with Gasteiger partial charge in [-0.15, -0.1) is 5.73 Å². The number of carbonyl (C=O) groups is 5. The minimum atomic E-state index is -1.63. The zero-order valence-electron chi connectivity index (χ0n) is 40.2. The van der Waals surface area contributed by atoms with Crippen LogP contribution in [-0.4, -0.2) is 97.9 Å². The zero-order valence-corrected chi connectivity index (χ0v) is 40.2. The molecule has 4 rings (SSSR count). The number of allylic oxidation sites excluding steroid dienone is 14. The van der Waals surface area contributed by atoms with Crippen molar-refractivity contribution in [2.75, 3.05) is 6.61 Å². The van der Waals surface area contributed by atoms with Crippen molar-refractivity contribution in [3.8, 4) is 0 Å². The summed E-state index contributed by atoms with van der Waals surface area (Å²) in [5, 5.41) is 40.3. The molecule has 0 bridgehead atoms. The van der Waals surface area contributed by atoms with Gasteiger partial charge in [-0.2, -0.15) is 0 Å². The van der Waals surface area contributed by atoms with E-state index in [9.17, 15) is 44.4 Å². The quantitative estimate of drug-likeness (QED) is 0.0255. The lowest BCUT2D eigenvalue weighted by Gasteiger charge is -2.44. The molecule has 0 spiro atoms. The lowest BCUT2D eigenvalue weighted by atomic mass is 9.61. The number of Topliss-reactive ketones (excluding diaryl/α,β-unsaturated/α-hetero) is 1. The first-order chi connectivity index (χ1) is 30.6. The van der Waals surface area contributed by atoms with Gasteiger partial charge in [-0.05, 0) is 77.0 Å². The highest BCUT2D eigenvalue weighted by atomic mass is 16.6. The maximum Gasteiger partial charge on any atom is 0.377 e. The molecule has 2 heterocycles. The molecule has 2 saturated carbocycles. The minimum absolute atomic E-state index is 0.0464. The highest BCUT2D eigenvalue weighted by Gasteiger charge is 2.76. The van der Waals surface area contributed by atoms with Crippen molar-refractivity contribution in [1.82, 2.24) is 0 Å². The molecule has 14 heteroatoms. The van der Waals surface area contributed by atoms with E-state index >= 15 is 0 Å². The molecule has 1 saturated heterocycles. The van der Waals surface area contributed by atoms with Gasteiger partial charge in [0.2, 0.25) is 5.76 Å². The summed E-state index contributed by atoms with van der Waals surface area (Å²) in [6.45, 7) is 20.2. The molecule has 0 aromatic carbocycles. The van der Waals surface area contributed by atoms with Crippen molar-refractivity contribution in [2.24, 2.45) is 10.8 Å². The molecule has 6 unspecified atom stereocenters. The second-order valence-electron chi connectivity index (χ2n) is 19.6. The van der Waals surface area contributed by atoms with Gasteiger partial charge in [0.15, 0.2) is 17.6 Å². The van der Waals surface area contributed by atoms with Crippen LogP contribution in [0.2, 0.25) is 0 Å². The van der Waals surface area contributed by atoms with E-state index < -0.39 is 82.0 Å². The van der Waals surface area contributed by atoms with Gasteiger partial charge in [0, 0.05) is 37.2 Å². The number of rotatable bonds is 18. The van der Waals surface area contributed by atoms with Crippen molar-refractivity contribution >= 4 is 29.7 Å². The van der Waals surface area contributed by atoms with Gasteiger partial charge in [-0.25, -0.2) is 4.79 Å². The van der Waals surface area contributed by atoms with Crippen LogP contribution in [0, 0.1) is 10.8 Å². The van der Waals surface area contributed by atoms with E-state index in [0.717, 1.165) is 22.3 Å². The number of aliphatic hydroxyl groups is 4. The van der Waals surface area contributed by atoms with Crippen molar-refractivity contribution < 1.29 is 68.1 Å². The Morgan fingerprint density at radius 3 is 1.91 bits per heavy atom. The van der Waals surface area contributed by atoms with Crippen molar-refractivity contribution in [2.45, 2.75) is 162 Å². The Hall–Kier alpha value is -5.53. The third-order valence-corrected chi connectivity index (χ3v) is 12.7. The van der Waals surface area contributed by atoms with Crippen LogP contribution < -0.4 is 0 Å². The lowest BCUT2D eigenvalue weighted by Crippen LogP contribution is -2.49. The van der Waals surface area contributed by atoms with Gasteiger partial charge in [0.25, 0.3) is 0 Å². The number of hydrogen-bond donors (Lipinski definition) is 4. The largest absolute Gasteiger partial charge is 0.505 e. The Bertz CT molecular complexity index is 2210. The van der Waals surface area contributed by atoms with E-state index in [1.165, 1.54) is 6.92 Å². The number of ether oxygens (including phenoxy) is 5. The van der Waals surface area contributed by atoms with Gasteiger partial charge < -0.3 is 44.1 Å². The van der Waals surface area contributed by atoms with E-state index in [1.54, 1.807) is 19.9 Å². The van der Waals surface area contributed by atoms with Crippen LogP contribution in [0.5, 0.6) is 0 Å². The molecule has 0 radical (unpaired) electrons. The van der Waals surface area contributed by atoms with Gasteiger partial charge >= 0.3 is 23.9 Å². The Labute approximate surface area is 388 Å². The predicted octanol–water partition coefficient (Wildman–Crippen LogP) is 8.18. The van der Waals surface area contributed by atoms with E-state index in [0.29, 0.717) is 31.3 Å². The number of esters is 4. The average Bonchev–Trinajstić information content (AvgIpc) is 3.73. The molecule has 66 heavy (non-hydrogen) atoms. The normalized spacial score (nSPS) is 29.4. The van der Waals surface area contributed by atoms with Crippen molar-refractivity contribution in [3.05, 3.63) is 112 Å². The van der Waals surface area contributed by atoms with Gasteiger partial charge in [0.1, 0.15) is 30.5 Å². The van der Waals surface area contributed by atoms with Crippen LogP contribution >= 0.6 is 0 Å². The van der Waals surface area contributed by atoms with Crippen molar-refractivity contribution in [3.63, 3.8) is 0 Å². The molecule has 360 valence electrons. The van der Waals surface area contributed by atoms with Gasteiger partial charge in [-0.1, -0.05) is 99.6 Å². The summed E-state index contributed by atoms with van der Waals surface area (Å²) in [6, 6.07) is 0. The Balaban J connectivity index is 1.22. The molecular formula is C52H68O14. The first kappa shape index (κ1) is 53.1. The third kappa shape index (κ3) is 13.5. The molecule has 3 fully saturated rings. The standard InChI is InChI=1S/C52H68O14/c1-32(18-14-19-34(3)22-23-41-48(6,7)26-37(63-36(5)53)28-50(41,10)61)16-12-13-17-33(2)20-15-21-35(4)39(54)30-52-49(8,9)27-38(29-51(52,11)66-52)64-43(57)25-24-42(56)62-31-40(55)46-44(58)45(59)47(60)65-46/h12-22,37-38,40,46,55,58-59,61H,24-31H2,1-11H3/b13-12+,18-14+,20-15+,32-16+,33-17+,34-19+,35-21+/t23?,37?,38?,40?,46?,50-,51?,52?/m0/s1. The monoisotopic (exact) mass is 916 g/mol. The second kappa shape index (κ2) is 21.4. The summed E-state index contributed by atoms with van der Waals surface area (Å²) in [7, 11) is 0. The fraction of sp³-hybridized carbons (Fsp3) is 0.538. The number of cyclic esters (lactones) is 1. The summed E-state index contributed by atoms with van der Waals surface area (Å²) in [5.41, 5.74) is 4.21. The maximum absolute atomic E-state index is 13.5. The molecule has 0 aromatic rings. The van der Waals surface area contributed by atoms with Gasteiger partial charge in [0.05, 0.1) is 24.0 Å². The lowest BCUT2D eigenvalue weighted by molar-refractivity contribution is -0.159. The van der Waals surface area contributed by atoms with Crippen LogP contribution in [0.25, 0.3) is 0 Å². The SMILES string of the molecule is CC(=O)OC1CC(C)(C)C(=C=C/C(C)=C/C=C/C(C)=C/C=C/C=C(C)/C=C/C=C(\C)C(=O)CC23OC2(C)CC(OC(=O)CCC(=O)OCC(O)C2OC(=O)C(O)=C2O)CC3(C)C)[C@@](C)(O)C1. The minimum Gasteiger partial charge on any atom is -0.505 e. The van der Waals surface area contributed by atoms with Crippen LogP contribution in [0.15, 0.2) is 112 Å². The van der Waals surface area contributed by atoms with Crippen LogP contribution in [-0.2, 0) is 47.7 Å². The first-order valence-corrected chi connectivity index (χ1v) is 22.3.